The summed E-state index contributed by atoms with van der Waals surface area (Å²) in [6, 6.07) is 4.47. The zero-order valence-electron chi connectivity index (χ0n) is 13.0. The second-order valence-corrected chi connectivity index (χ2v) is 8.62. The molecule has 1 N–H and O–H groups in total. The molecule has 1 amide bonds. The summed E-state index contributed by atoms with van der Waals surface area (Å²) in [5.41, 5.74) is 0.836. The molecule has 0 radical (unpaired) electrons. The van der Waals surface area contributed by atoms with E-state index in [4.69, 9.17) is 0 Å². The lowest BCUT2D eigenvalue weighted by Crippen LogP contribution is -2.35. The summed E-state index contributed by atoms with van der Waals surface area (Å²) in [5.74, 6) is 0.521. The third-order valence-electron chi connectivity index (χ3n) is 4.65. The number of rotatable bonds is 2. The molecule has 0 aliphatic carbocycles. The average Bonchev–Trinajstić information content (AvgIpc) is 3.13. The maximum absolute atomic E-state index is 12.4. The Hall–Kier alpha value is -2.22. The van der Waals surface area contributed by atoms with Gasteiger partial charge in [0.25, 0.3) is 11.5 Å². The molecule has 3 heterocycles. The normalized spacial score (nSPS) is 21.8. The number of nitrogens with zero attached hydrogens (tertiary/aromatic N) is 2. The minimum absolute atomic E-state index is 0.0145. The summed E-state index contributed by atoms with van der Waals surface area (Å²) in [6.07, 6.45) is 2.11. The standard InChI is InChI=1S/C16H17N3O4S/c20-15(17-11-5-7-24(22,23)9-11)10-3-4-12-13(8-10)18-14-2-1-6-19(14)16(12)21/h3-4,8,11H,1-2,5-7,9H2,(H,17,20)/t11-/m1/s1. The van der Waals surface area contributed by atoms with Crippen molar-refractivity contribution in [2.75, 3.05) is 11.5 Å². The average molecular weight is 347 g/mol. The maximum atomic E-state index is 12.4. The Balaban J connectivity index is 1.64. The molecule has 2 aliphatic heterocycles. The van der Waals surface area contributed by atoms with Gasteiger partial charge in [0.15, 0.2) is 9.84 Å². The van der Waals surface area contributed by atoms with Gasteiger partial charge in [-0.05, 0) is 31.0 Å². The molecule has 126 valence electrons. The van der Waals surface area contributed by atoms with Crippen molar-refractivity contribution < 1.29 is 13.2 Å². The largest absolute Gasteiger partial charge is 0.348 e. The van der Waals surface area contributed by atoms with Crippen molar-refractivity contribution in [2.45, 2.75) is 31.8 Å². The zero-order chi connectivity index (χ0) is 16.9. The molecule has 8 heteroatoms. The molecule has 1 aromatic carbocycles. The summed E-state index contributed by atoms with van der Waals surface area (Å²) in [6.45, 7) is 0.690. The van der Waals surface area contributed by atoms with Gasteiger partial charge in [0, 0.05) is 24.6 Å². The summed E-state index contributed by atoms with van der Waals surface area (Å²) < 4.78 is 24.6. The molecule has 2 aliphatic rings. The zero-order valence-corrected chi connectivity index (χ0v) is 13.8. The summed E-state index contributed by atoms with van der Waals surface area (Å²) in [7, 11) is -3.04. The molecule has 1 aromatic heterocycles. The van der Waals surface area contributed by atoms with Crippen molar-refractivity contribution in [3.05, 3.63) is 39.9 Å². The fraction of sp³-hybridized carbons (Fsp3) is 0.438. The molecule has 1 fully saturated rings. The Kier molecular flexibility index (Phi) is 3.45. The minimum Gasteiger partial charge on any atom is -0.348 e. The molecule has 7 nitrogen and oxygen atoms in total. The van der Waals surface area contributed by atoms with Crippen molar-refractivity contribution >= 4 is 26.6 Å². The van der Waals surface area contributed by atoms with Crippen LogP contribution in [0.3, 0.4) is 0 Å². The SMILES string of the molecule is O=C(N[C@@H]1CCS(=O)(=O)C1)c1ccc2c(=O)n3c(nc2c1)CCC3. The lowest BCUT2D eigenvalue weighted by atomic mass is 10.1. The lowest BCUT2D eigenvalue weighted by Gasteiger charge is -2.11. The van der Waals surface area contributed by atoms with Crippen LogP contribution >= 0.6 is 0 Å². The highest BCUT2D eigenvalue weighted by atomic mass is 32.2. The number of carbonyl (C=O) groups is 1. The van der Waals surface area contributed by atoms with E-state index in [9.17, 15) is 18.0 Å². The molecule has 2 aromatic rings. The van der Waals surface area contributed by atoms with Gasteiger partial charge < -0.3 is 5.32 Å². The van der Waals surface area contributed by atoms with Crippen LogP contribution in [0.5, 0.6) is 0 Å². The van der Waals surface area contributed by atoms with E-state index in [2.05, 4.69) is 10.3 Å². The summed E-state index contributed by atoms with van der Waals surface area (Å²) >= 11 is 0. The predicted molar refractivity (Wildman–Crippen MR) is 88.8 cm³/mol. The van der Waals surface area contributed by atoms with Gasteiger partial charge in [-0.2, -0.15) is 0 Å². The van der Waals surface area contributed by atoms with Crippen LogP contribution < -0.4 is 10.9 Å². The van der Waals surface area contributed by atoms with Crippen molar-refractivity contribution in [1.29, 1.82) is 0 Å². The highest BCUT2D eigenvalue weighted by Gasteiger charge is 2.29. The van der Waals surface area contributed by atoms with Gasteiger partial charge in [-0.15, -0.1) is 0 Å². The van der Waals surface area contributed by atoms with E-state index in [1.807, 2.05) is 0 Å². The maximum Gasteiger partial charge on any atom is 0.261 e. The van der Waals surface area contributed by atoms with Crippen LogP contribution in [-0.2, 0) is 22.8 Å². The fourth-order valence-corrected chi connectivity index (χ4v) is 5.08. The van der Waals surface area contributed by atoms with E-state index in [0.717, 1.165) is 18.7 Å². The molecule has 0 saturated carbocycles. The first-order valence-electron chi connectivity index (χ1n) is 7.98. The third-order valence-corrected chi connectivity index (χ3v) is 6.41. The molecular weight excluding hydrogens is 330 g/mol. The third kappa shape index (κ3) is 2.60. The fourth-order valence-electron chi connectivity index (χ4n) is 3.40. The number of amides is 1. The molecule has 1 saturated heterocycles. The Morgan fingerprint density at radius 1 is 1.33 bits per heavy atom. The highest BCUT2D eigenvalue weighted by molar-refractivity contribution is 7.91. The number of fused-ring (bicyclic) bond motifs is 2. The van der Waals surface area contributed by atoms with Crippen LogP contribution in [0.25, 0.3) is 10.9 Å². The van der Waals surface area contributed by atoms with Gasteiger partial charge in [-0.1, -0.05) is 0 Å². The summed E-state index contributed by atoms with van der Waals surface area (Å²) in [5, 5.41) is 3.25. The van der Waals surface area contributed by atoms with Crippen LogP contribution in [0.1, 0.15) is 29.0 Å². The number of nitrogens with one attached hydrogen (secondary N) is 1. The van der Waals surface area contributed by atoms with E-state index in [1.54, 1.807) is 22.8 Å². The lowest BCUT2D eigenvalue weighted by molar-refractivity contribution is 0.0941. The Bertz CT molecular complexity index is 1010. The Morgan fingerprint density at radius 2 is 2.17 bits per heavy atom. The van der Waals surface area contributed by atoms with Gasteiger partial charge in [0.05, 0.1) is 22.4 Å². The first-order chi connectivity index (χ1) is 11.4. The molecule has 4 rings (SSSR count). The number of benzene rings is 1. The van der Waals surface area contributed by atoms with Gasteiger partial charge >= 0.3 is 0 Å². The van der Waals surface area contributed by atoms with Gasteiger partial charge in [0.1, 0.15) is 5.82 Å². The van der Waals surface area contributed by atoms with Gasteiger partial charge in [0.2, 0.25) is 0 Å². The predicted octanol–water partition coefficient (Wildman–Crippen LogP) is 0.260. The number of carbonyl (C=O) groups excluding carboxylic acids is 1. The molecule has 0 unspecified atom stereocenters. The van der Waals surface area contributed by atoms with Crippen molar-refractivity contribution in [3.63, 3.8) is 0 Å². The molecule has 0 bridgehead atoms. The highest BCUT2D eigenvalue weighted by Crippen LogP contribution is 2.17. The Labute approximate surface area is 138 Å². The van der Waals surface area contributed by atoms with Crippen molar-refractivity contribution in [1.82, 2.24) is 14.9 Å². The van der Waals surface area contributed by atoms with Crippen LogP contribution in [0.15, 0.2) is 23.0 Å². The monoisotopic (exact) mass is 347 g/mol. The second-order valence-electron chi connectivity index (χ2n) is 6.39. The molecule has 0 spiro atoms. The first kappa shape index (κ1) is 15.3. The second kappa shape index (κ2) is 5.41. The quantitative estimate of drug-likeness (QED) is 0.840. The van der Waals surface area contributed by atoms with Crippen LogP contribution in [-0.4, -0.2) is 41.4 Å². The van der Waals surface area contributed by atoms with Crippen LogP contribution in [0.4, 0.5) is 0 Å². The minimum atomic E-state index is -3.04. The first-order valence-corrected chi connectivity index (χ1v) is 9.80. The number of hydrogen-bond donors (Lipinski definition) is 1. The van der Waals surface area contributed by atoms with E-state index in [1.165, 1.54) is 0 Å². The van der Waals surface area contributed by atoms with E-state index in [0.29, 0.717) is 29.4 Å². The Morgan fingerprint density at radius 3 is 2.92 bits per heavy atom. The topological polar surface area (TPSA) is 98.1 Å². The van der Waals surface area contributed by atoms with E-state index in [-0.39, 0.29) is 29.0 Å². The van der Waals surface area contributed by atoms with Gasteiger partial charge in [-0.3, -0.25) is 14.2 Å². The number of sulfone groups is 1. The van der Waals surface area contributed by atoms with E-state index < -0.39 is 9.84 Å². The van der Waals surface area contributed by atoms with Crippen LogP contribution in [0.2, 0.25) is 0 Å². The molecular formula is C16H17N3O4S. The van der Waals surface area contributed by atoms with Crippen molar-refractivity contribution in [3.8, 4) is 0 Å². The molecule has 1 atom stereocenters. The van der Waals surface area contributed by atoms with Gasteiger partial charge in [-0.25, -0.2) is 13.4 Å². The number of aromatic nitrogens is 2. The van der Waals surface area contributed by atoms with Crippen LogP contribution in [0, 0.1) is 0 Å². The van der Waals surface area contributed by atoms with Crippen molar-refractivity contribution in [2.24, 2.45) is 0 Å². The number of hydrogen-bond acceptors (Lipinski definition) is 5. The molecule has 24 heavy (non-hydrogen) atoms. The smallest absolute Gasteiger partial charge is 0.261 e. The van der Waals surface area contributed by atoms with E-state index >= 15 is 0 Å². The number of aryl methyl sites for hydroxylation is 1. The summed E-state index contributed by atoms with van der Waals surface area (Å²) in [4.78, 5) is 29.3.